The van der Waals surface area contributed by atoms with Crippen LogP contribution in [0.25, 0.3) is 0 Å². The van der Waals surface area contributed by atoms with Crippen LogP contribution in [-0.2, 0) is 0 Å². The Morgan fingerprint density at radius 3 is 2.73 bits per heavy atom. The third-order valence-corrected chi connectivity index (χ3v) is 2.19. The fraction of sp³-hybridized carbons (Fsp3) is 1.00. The molecule has 0 atom stereocenters. The molecule has 0 amide bonds. The van der Waals surface area contributed by atoms with Gasteiger partial charge in [0.05, 0.1) is 0 Å². The van der Waals surface area contributed by atoms with Crippen molar-refractivity contribution in [1.82, 2.24) is 15.1 Å². The van der Waals surface area contributed by atoms with Gasteiger partial charge in [0.1, 0.15) is 0 Å². The summed E-state index contributed by atoms with van der Waals surface area (Å²) in [5.74, 6) is 0. The molecule has 0 spiro atoms. The van der Waals surface area contributed by atoms with Gasteiger partial charge in [0.2, 0.25) is 0 Å². The Kier molecular flexibility index (Phi) is 3.83. The molecule has 66 valence electrons. The SMILES string of the molecule is CNCN1CCCN(C)CC1. The van der Waals surface area contributed by atoms with E-state index in [1.807, 2.05) is 7.05 Å². The zero-order valence-corrected chi connectivity index (χ0v) is 7.64. The fourth-order valence-corrected chi connectivity index (χ4v) is 1.48. The Hall–Kier alpha value is -0.120. The van der Waals surface area contributed by atoms with E-state index in [1.54, 1.807) is 0 Å². The third-order valence-electron chi connectivity index (χ3n) is 2.19. The van der Waals surface area contributed by atoms with Gasteiger partial charge < -0.3 is 10.2 Å². The molecule has 1 aliphatic rings. The van der Waals surface area contributed by atoms with Crippen molar-refractivity contribution in [2.45, 2.75) is 6.42 Å². The molecule has 1 aliphatic heterocycles. The molecule has 0 aliphatic carbocycles. The first-order valence-electron chi connectivity index (χ1n) is 4.38. The Morgan fingerprint density at radius 2 is 2.00 bits per heavy atom. The Balaban J connectivity index is 2.22. The van der Waals surface area contributed by atoms with Crippen molar-refractivity contribution in [3.63, 3.8) is 0 Å². The summed E-state index contributed by atoms with van der Waals surface area (Å²) in [6, 6.07) is 0. The van der Waals surface area contributed by atoms with Gasteiger partial charge in [0.15, 0.2) is 0 Å². The monoisotopic (exact) mass is 157 g/mol. The van der Waals surface area contributed by atoms with E-state index in [-0.39, 0.29) is 0 Å². The van der Waals surface area contributed by atoms with Crippen LogP contribution in [0, 0.1) is 0 Å². The van der Waals surface area contributed by atoms with Crippen LogP contribution in [0.15, 0.2) is 0 Å². The minimum absolute atomic E-state index is 1.04. The second-order valence-corrected chi connectivity index (χ2v) is 3.29. The predicted molar refractivity (Wildman–Crippen MR) is 47.6 cm³/mol. The van der Waals surface area contributed by atoms with Crippen molar-refractivity contribution in [3.05, 3.63) is 0 Å². The zero-order valence-electron chi connectivity index (χ0n) is 7.64. The number of likely N-dealkylation sites (N-methyl/N-ethyl adjacent to an activating group) is 1. The smallest absolute Gasteiger partial charge is 0.0478 e. The van der Waals surface area contributed by atoms with Gasteiger partial charge in [-0.3, -0.25) is 4.90 Å². The van der Waals surface area contributed by atoms with Crippen molar-refractivity contribution in [2.75, 3.05) is 46.9 Å². The van der Waals surface area contributed by atoms with Crippen LogP contribution in [0.5, 0.6) is 0 Å². The molecular formula is C8H19N3. The third kappa shape index (κ3) is 3.18. The lowest BCUT2D eigenvalue weighted by molar-refractivity contribution is 0.264. The summed E-state index contributed by atoms with van der Waals surface area (Å²) in [5.41, 5.74) is 0. The number of rotatable bonds is 2. The van der Waals surface area contributed by atoms with Gasteiger partial charge in [0, 0.05) is 26.3 Å². The standard InChI is InChI=1S/C8H19N3/c1-9-8-11-5-3-4-10(2)6-7-11/h9H,3-8H2,1-2H3. The summed E-state index contributed by atoms with van der Waals surface area (Å²) >= 11 is 0. The highest BCUT2D eigenvalue weighted by Crippen LogP contribution is 1.98. The lowest BCUT2D eigenvalue weighted by Gasteiger charge is -2.18. The van der Waals surface area contributed by atoms with E-state index in [0.717, 1.165) is 6.67 Å². The molecule has 0 bridgehead atoms. The van der Waals surface area contributed by atoms with E-state index in [1.165, 1.54) is 32.6 Å². The fourth-order valence-electron chi connectivity index (χ4n) is 1.48. The molecule has 0 aromatic rings. The van der Waals surface area contributed by atoms with Gasteiger partial charge in [0.25, 0.3) is 0 Å². The quantitative estimate of drug-likeness (QED) is 0.599. The zero-order chi connectivity index (χ0) is 8.10. The number of nitrogens with zero attached hydrogens (tertiary/aromatic N) is 2. The van der Waals surface area contributed by atoms with Gasteiger partial charge in [-0.25, -0.2) is 0 Å². The molecule has 0 unspecified atom stereocenters. The molecule has 3 heteroatoms. The lowest BCUT2D eigenvalue weighted by Crippen LogP contribution is -2.35. The maximum atomic E-state index is 3.19. The van der Waals surface area contributed by atoms with Crippen molar-refractivity contribution in [1.29, 1.82) is 0 Å². The largest absolute Gasteiger partial charge is 0.307 e. The number of hydrogen-bond acceptors (Lipinski definition) is 3. The minimum atomic E-state index is 1.04. The van der Waals surface area contributed by atoms with Crippen molar-refractivity contribution >= 4 is 0 Å². The summed E-state index contributed by atoms with van der Waals surface area (Å²) in [6.45, 7) is 5.94. The van der Waals surface area contributed by atoms with Gasteiger partial charge in [-0.1, -0.05) is 0 Å². The maximum Gasteiger partial charge on any atom is 0.0478 e. The predicted octanol–water partition coefficient (Wildman–Crippen LogP) is -0.199. The van der Waals surface area contributed by atoms with E-state index in [9.17, 15) is 0 Å². The molecule has 0 saturated carbocycles. The topological polar surface area (TPSA) is 18.5 Å². The van der Waals surface area contributed by atoms with Crippen LogP contribution in [-0.4, -0.2) is 56.7 Å². The van der Waals surface area contributed by atoms with E-state index in [4.69, 9.17) is 0 Å². The molecule has 3 nitrogen and oxygen atoms in total. The van der Waals surface area contributed by atoms with Crippen molar-refractivity contribution < 1.29 is 0 Å². The summed E-state index contributed by atoms with van der Waals surface area (Å²) in [7, 11) is 4.21. The van der Waals surface area contributed by atoms with Crippen molar-refractivity contribution in [2.24, 2.45) is 0 Å². The summed E-state index contributed by atoms with van der Waals surface area (Å²) in [4.78, 5) is 4.86. The van der Waals surface area contributed by atoms with Crippen molar-refractivity contribution in [3.8, 4) is 0 Å². The van der Waals surface area contributed by atoms with Crippen LogP contribution in [0.4, 0.5) is 0 Å². The van der Waals surface area contributed by atoms with Crippen LogP contribution in [0.1, 0.15) is 6.42 Å². The summed E-state index contributed by atoms with van der Waals surface area (Å²) < 4.78 is 0. The molecule has 1 N–H and O–H groups in total. The van der Waals surface area contributed by atoms with Crippen LogP contribution < -0.4 is 5.32 Å². The maximum absolute atomic E-state index is 3.19. The molecular weight excluding hydrogens is 138 g/mol. The molecule has 1 heterocycles. The number of hydrogen-bond donors (Lipinski definition) is 1. The van der Waals surface area contributed by atoms with Gasteiger partial charge in [-0.2, -0.15) is 0 Å². The molecule has 1 rings (SSSR count). The second-order valence-electron chi connectivity index (χ2n) is 3.29. The average Bonchev–Trinajstić information content (AvgIpc) is 2.17. The summed E-state index contributed by atoms with van der Waals surface area (Å²) in [5, 5.41) is 3.19. The lowest BCUT2D eigenvalue weighted by atomic mass is 10.4. The molecule has 0 radical (unpaired) electrons. The first kappa shape index (κ1) is 8.97. The van der Waals surface area contributed by atoms with Crippen LogP contribution >= 0.6 is 0 Å². The highest BCUT2D eigenvalue weighted by Gasteiger charge is 2.09. The molecule has 0 aromatic carbocycles. The Labute approximate surface area is 69.4 Å². The summed E-state index contributed by atoms with van der Waals surface area (Å²) in [6.07, 6.45) is 1.30. The minimum Gasteiger partial charge on any atom is -0.307 e. The number of nitrogens with one attached hydrogen (secondary N) is 1. The Bertz CT molecular complexity index is 106. The molecule has 11 heavy (non-hydrogen) atoms. The average molecular weight is 157 g/mol. The second kappa shape index (κ2) is 4.70. The molecule has 1 fully saturated rings. The van der Waals surface area contributed by atoms with Gasteiger partial charge >= 0.3 is 0 Å². The highest BCUT2D eigenvalue weighted by atomic mass is 15.2. The first-order chi connectivity index (χ1) is 5.33. The van der Waals surface area contributed by atoms with E-state index in [0.29, 0.717) is 0 Å². The van der Waals surface area contributed by atoms with Crippen LogP contribution in [0.3, 0.4) is 0 Å². The van der Waals surface area contributed by atoms with Gasteiger partial charge in [-0.05, 0) is 27.1 Å². The molecule has 0 aromatic heterocycles. The normalized spacial score (nSPS) is 23.5. The van der Waals surface area contributed by atoms with Gasteiger partial charge in [-0.15, -0.1) is 0 Å². The Morgan fingerprint density at radius 1 is 1.18 bits per heavy atom. The first-order valence-corrected chi connectivity index (χ1v) is 4.38. The van der Waals surface area contributed by atoms with E-state index >= 15 is 0 Å². The highest BCUT2D eigenvalue weighted by molar-refractivity contribution is 4.65. The molecule has 1 saturated heterocycles. The van der Waals surface area contributed by atoms with E-state index in [2.05, 4.69) is 22.2 Å². The van der Waals surface area contributed by atoms with Crippen LogP contribution in [0.2, 0.25) is 0 Å². The van der Waals surface area contributed by atoms with E-state index < -0.39 is 0 Å².